The van der Waals surface area contributed by atoms with Gasteiger partial charge in [-0.15, -0.1) is 11.6 Å². The molecule has 0 radical (unpaired) electrons. The van der Waals surface area contributed by atoms with Crippen LogP contribution in [0.5, 0.6) is 0 Å². The second-order valence-corrected chi connectivity index (χ2v) is 27.9. The summed E-state index contributed by atoms with van der Waals surface area (Å²) in [6, 6.07) is -8.75. The topological polar surface area (TPSA) is 259 Å². The molecule has 90 heavy (non-hydrogen) atoms. The van der Waals surface area contributed by atoms with E-state index in [0.717, 1.165) is 54.7 Å². The van der Waals surface area contributed by atoms with E-state index in [1.54, 1.807) is 20.9 Å². The van der Waals surface area contributed by atoms with Crippen LogP contribution in [0, 0.1) is 29.6 Å². The predicted molar refractivity (Wildman–Crippen MR) is 331 cm³/mol. The number of carbonyl (C=O) groups is 11. The Bertz CT molecular complexity index is 2580. The van der Waals surface area contributed by atoms with E-state index in [4.69, 9.17) is 11.6 Å². The summed E-state index contributed by atoms with van der Waals surface area (Å²) in [5.41, 5.74) is -1.46. The van der Waals surface area contributed by atoms with Crippen molar-refractivity contribution in [3.8, 4) is 0 Å². The van der Waals surface area contributed by atoms with E-state index < -0.39 is 155 Å². The van der Waals surface area contributed by atoms with Crippen LogP contribution in [0.25, 0.3) is 0 Å². The van der Waals surface area contributed by atoms with Crippen LogP contribution in [0.2, 0.25) is 0 Å². The molecule has 1 spiro atoms. The Labute approximate surface area is 535 Å². The quantitative estimate of drug-likeness (QED) is 0.232. The van der Waals surface area contributed by atoms with E-state index in [0.29, 0.717) is 38.5 Å². The van der Waals surface area contributed by atoms with Gasteiger partial charge in [-0.3, -0.25) is 52.7 Å². The number of hydrogen-bond donors (Lipinski definition) is 4. The van der Waals surface area contributed by atoms with E-state index >= 15 is 9.59 Å². The van der Waals surface area contributed by atoms with Crippen molar-refractivity contribution in [2.45, 2.75) is 248 Å². The highest BCUT2D eigenvalue weighted by Crippen LogP contribution is 2.44. The molecule has 508 valence electrons. The first-order valence-electron chi connectivity index (χ1n) is 33.1. The van der Waals surface area contributed by atoms with Gasteiger partial charge in [-0.2, -0.15) is 13.2 Å². The monoisotopic (exact) mass is 1290 g/mol. The van der Waals surface area contributed by atoms with Gasteiger partial charge in [0.1, 0.15) is 47.8 Å². The maximum atomic E-state index is 15.2. The lowest BCUT2D eigenvalue weighted by molar-refractivity contribution is -0.182. The number of amides is 11. The van der Waals surface area contributed by atoms with Crippen LogP contribution in [0.15, 0.2) is 0 Å². The Balaban J connectivity index is 1.35. The Hall–Kier alpha value is -5.75. The van der Waals surface area contributed by atoms with Gasteiger partial charge < -0.3 is 55.6 Å². The maximum Gasteiger partial charge on any atom is 0.393 e. The molecule has 4 aliphatic carbocycles. The number of nitrogens with one attached hydrogen (secondary N) is 4. The molecule has 0 aromatic heterocycles. The molecule has 22 nitrogen and oxygen atoms in total. The molecular formula is C64H103ClF3N11O11. The molecule has 2 heterocycles. The highest BCUT2D eigenvalue weighted by Gasteiger charge is 2.51. The zero-order valence-corrected chi connectivity index (χ0v) is 55.9. The van der Waals surface area contributed by atoms with Crippen molar-refractivity contribution in [2.75, 3.05) is 61.9 Å². The third-order valence-corrected chi connectivity index (χ3v) is 21.5. The minimum Gasteiger partial charge on any atom is -0.351 e. The molecule has 4 N–H and O–H groups in total. The van der Waals surface area contributed by atoms with Crippen LogP contribution in [-0.2, 0) is 52.7 Å². The van der Waals surface area contributed by atoms with Gasteiger partial charge in [-0.05, 0) is 121 Å². The van der Waals surface area contributed by atoms with Gasteiger partial charge in [0.25, 0.3) is 0 Å². The van der Waals surface area contributed by atoms with Crippen LogP contribution in [0.3, 0.4) is 0 Å². The van der Waals surface area contributed by atoms with E-state index in [2.05, 4.69) is 21.3 Å². The predicted octanol–water partition coefficient (Wildman–Crippen LogP) is 5.12. The standard InChI is InChI=1S/C64H103ClF3N11O11/c1-12-38(2)53-61(89)74(7)36-51(81)73(6)37-52(82)77(10)49(35-42-21-14-13-15-22-42)60(88)76(9)41(5)55(83)70-47(29-27-43-26-28-45(46(65)34-43)64(66,67)68)59(87)79-32-20-25-48(79)57(85)72-63(30-18-19-31-63)62(90)78(11)54(44-23-16-17-24-44)58(86)69-39(3)33-50(80)75(8)40(4)56(84)71-53/h38-49,53-54H,12-37H2,1-11H3,(H,69,86)(H,70,83)(H,71,84)(H,72,85)/t38-,39+,40-,41+,43?,45?,46?,47-,48-,49-,53-,54-/m0/s1. The Kier molecular flexibility index (Phi) is 26.2. The van der Waals surface area contributed by atoms with Gasteiger partial charge in [-0.1, -0.05) is 78.1 Å². The summed E-state index contributed by atoms with van der Waals surface area (Å²) in [6.07, 6.45) is 5.69. The number of alkyl halides is 4. The van der Waals surface area contributed by atoms with Crippen molar-refractivity contribution < 1.29 is 65.9 Å². The van der Waals surface area contributed by atoms with E-state index in [9.17, 15) is 56.3 Å². The number of halogens is 4. The molecule has 0 bridgehead atoms. The van der Waals surface area contributed by atoms with Crippen LogP contribution < -0.4 is 21.3 Å². The first-order valence-corrected chi connectivity index (χ1v) is 33.5. The number of carbonyl (C=O) groups excluding carboxylic acids is 11. The Morgan fingerprint density at radius 2 is 1.19 bits per heavy atom. The molecule has 0 aromatic rings. The Morgan fingerprint density at radius 3 is 1.80 bits per heavy atom. The van der Waals surface area contributed by atoms with Gasteiger partial charge in [-0.25, -0.2) is 0 Å². The van der Waals surface area contributed by atoms with Crippen molar-refractivity contribution in [3.63, 3.8) is 0 Å². The summed E-state index contributed by atoms with van der Waals surface area (Å²) in [5, 5.41) is 10.5. The SMILES string of the molecule is CC[C@H](C)[C@@H]1NC(=O)[C@H](C)N(C)C(=O)C[C@@H](C)NC(=O)[C@H](C2CCCC2)N(C)C(=O)C2(CCCC2)NC(=O)[C@@H]2CCCN2C(=O)[C@H](CCC2CCC(C(F)(F)F)C(Cl)C2)NC(=O)[C@@H](C)N(C)C(=O)[C@H](CC2CCCCC2)N(C)C(=O)CN(C)C(=O)CN(C)C1=O. The van der Waals surface area contributed by atoms with Gasteiger partial charge in [0.15, 0.2) is 0 Å². The fourth-order valence-electron chi connectivity index (χ4n) is 14.5. The smallest absolute Gasteiger partial charge is 0.351 e. The average molecular weight is 1300 g/mol. The summed E-state index contributed by atoms with van der Waals surface area (Å²) in [4.78, 5) is 169. The summed E-state index contributed by atoms with van der Waals surface area (Å²) in [6.45, 7) is 7.35. The van der Waals surface area contributed by atoms with Crippen molar-refractivity contribution in [1.82, 2.24) is 55.6 Å². The molecule has 26 heteroatoms. The lowest BCUT2D eigenvalue weighted by atomic mass is 9.78. The fourth-order valence-corrected chi connectivity index (χ4v) is 15.1. The molecule has 6 rings (SSSR count). The van der Waals surface area contributed by atoms with Gasteiger partial charge in [0.05, 0.1) is 19.0 Å². The highest BCUT2D eigenvalue weighted by molar-refractivity contribution is 6.20. The average Bonchev–Trinajstić information content (AvgIpc) is 1.55. The number of hydrogen-bond acceptors (Lipinski definition) is 11. The molecule has 6 aliphatic rings. The number of rotatable bonds is 8. The molecular weight excluding hydrogens is 1190 g/mol. The second kappa shape index (κ2) is 32.2. The highest BCUT2D eigenvalue weighted by atomic mass is 35.5. The molecule has 0 aromatic carbocycles. The molecule has 3 unspecified atom stereocenters. The molecule has 6 fully saturated rings. The largest absolute Gasteiger partial charge is 0.393 e. The minimum atomic E-state index is -4.49. The first-order chi connectivity index (χ1) is 42.3. The van der Waals surface area contributed by atoms with E-state index in [-0.39, 0.29) is 88.5 Å². The molecule has 2 aliphatic heterocycles. The summed E-state index contributed by atoms with van der Waals surface area (Å²) in [5.74, 6) is -9.17. The minimum absolute atomic E-state index is 0.0153. The van der Waals surface area contributed by atoms with Crippen molar-refractivity contribution in [1.29, 1.82) is 0 Å². The summed E-state index contributed by atoms with van der Waals surface area (Å²) in [7, 11) is 8.65. The zero-order valence-electron chi connectivity index (χ0n) is 55.1. The molecule has 4 saturated carbocycles. The Morgan fingerprint density at radius 1 is 0.589 bits per heavy atom. The van der Waals surface area contributed by atoms with Gasteiger partial charge in [0, 0.05) is 66.7 Å². The van der Waals surface area contributed by atoms with Crippen molar-refractivity contribution in [3.05, 3.63) is 0 Å². The van der Waals surface area contributed by atoms with E-state index in [1.165, 1.54) is 73.6 Å². The second-order valence-electron chi connectivity index (χ2n) is 27.4. The summed E-state index contributed by atoms with van der Waals surface area (Å²) < 4.78 is 41.8. The van der Waals surface area contributed by atoms with Crippen LogP contribution in [0.1, 0.15) is 182 Å². The normalized spacial score (nSPS) is 31.7. The van der Waals surface area contributed by atoms with Gasteiger partial charge >= 0.3 is 6.18 Å². The van der Waals surface area contributed by atoms with Crippen molar-refractivity contribution >= 4 is 76.6 Å². The number of likely N-dealkylation sites (N-methyl/N-ethyl adjacent to an activating group) is 6. The van der Waals surface area contributed by atoms with Crippen LogP contribution >= 0.6 is 11.6 Å². The first kappa shape index (κ1) is 73.3. The molecule has 2 saturated heterocycles. The third kappa shape index (κ3) is 18.1. The third-order valence-electron chi connectivity index (χ3n) is 21.0. The van der Waals surface area contributed by atoms with Crippen LogP contribution in [-0.4, -0.2) is 227 Å². The van der Waals surface area contributed by atoms with Crippen molar-refractivity contribution in [2.24, 2.45) is 29.6 Å². The summed E-state index contributed by atoms with van der Waals surface area (Å²) >= 11 is 6.38. The van der Waals surface area contributed by atoms with E-state index in [1.807, 2.05) is 6.92 Å². The zero-order chi connectivity index (χ0) is 66.7. The molecule has 11 amide bonds. The van der Waals surface area contributed by atoms with Crippen LogP contribution in [0.4, 0.5) is 13.2 Å². The number of nitrogens with zero attached hydrogens (tertiary/aromatic N) is 7. The van der Waals surface area contributed by atoms with Gasteiger partial charge in [0.2, 0.25) is 65.0 Å². The lowest BCUT2D eigenvalue weighted by Gasteiger charge is -2.40. The lowest BCUT2D eigenvalue weighted by Crippen LogP contribution is -2.64. The fraction of sp³-hybridized carbons (Fsp3) is 0.828. The number of fused-ring (bicyclic) bond motifs is 1. The molecule has 12 atom stereocenters. The maximum absolute atomic E-state index is 15.2.